The molecule has 0 bridgehead atoms. The van der Waals surface area contributed by atoms with Crippen molar-refractivity contribution in [3.63, 3.8) is 0 Å². The number of hydrogen-bond acceptors (Lipinski definition) is 3. The molecule has 6 heteroatoms. The van der Waals surface area contributed by atoms with Crippen LogP contribution in [0.25, 0.3) is 0 Å². The van der Waals surface area contributed by atoms with E-state index in [9.17, 15) is 9.18 Å². The molecule has 0 aromatic carbocycles. The van der Waals surface area contributed by atoms with Crippen molar-refractivity contribution in [1.82, 2.24) is 9.97 Å². The average molecular weight is 215 g/mol. The number of rotatable bonds is 5. The van der Waals surface area contributed by atoms with Crippen molar-refractivity contribution < 1.29 is 14.3 Å². The van der Waals surface area contributed by atoms with Gasteiger partial charge in [-0.1, -0.05) is 6.92 Å². The number of carboxylic acids is 1. The van der Waals surface area contributed by atoms with Crippen LogP contribution in [0.2, 0.25) is 0 Å². The van der Waals surface area contributed by atoms with Gasteiger partial charge >= 0.3 is 5.97 Å². The summed E-state index contributed by atoms with van der Waals surface area (Å²) < 4.78 is 12.5. The lowest BCUT2D eigenvalue weighted by atomic mass is 9.98. The molecule has 15 heavy (non-hydrogen) atoms. The minimum atomic E-state index is -1.89. The Morgan fingerprint density at radius 1 is 1.80 bits per heavy atom. The molecule has 0 fully saturated rings. The van der Waals surface area contributed by atoms with E-state index in [0.717, 1.165) is 12.1 Å². The van der Waals surface area contributed by atoms with Crippen molar-refractivity contribution >= 4 is 5.97 Å². The van der Waals surface area contributed by atoms with Crippen molar-refractivity contribution in [2.24, 2.45) is 5.73 Å². The zero-order chi connectivity index (χ0) is 11.5. The van der Waals surface area contributed by atoms with Crippen LogP contribution in [0.3, 0.4) is 0 Å². The van der Waals surface area contributed by atoms with Crippen LogP contribution in [0.15, 0.2) is 6.20 Å². The Bertz CT molecular complexity index is 353. The largest absolute Gasteiger partial charge is 0.480 e. The number of alkyl halides is 1. The van der Waals surface area contributed by atoms with Gasteiger partial charge in [0.1, 0.15) is 18.0 Å². The number of H-pyrrole nitrogens is 1. The molecule has 0 saturated heterocycles. The molecule has 0 aliphatic carbocycles. The summed E-state index contributed by atoms with van der Waals surface area (Å²) in [5.41, 5.74) is 4.37. The van der Waals surface area contributed by atoms with Crippen LogP contribution in [0.5, 0.6) is 0 Å². The number of nitrogens with two attached hydrogens (primary N) is 1. The summed E-state index contributed by atoms with van der Waals surface area (Å²) in [5.74, 6) is -0.964. The van der Waals surface area contributed by atoms with E-state index < -0.39 is 18.2 Å². The van der Waals surface area contributed by atoms with Crippen LogP contribution < -0.4 is 5.73 Å². The van der Waals surface area contributed by atoms with Crippen LogP contribution in [-0.4, -0.2) is 33.3 Å². The molecule has 1 unspecified atom stereocenters. The highest BCUT2D eigenvalue weighted by atomic mass is 19.1. The fraction of sp³-hybridized carbons (Fsp3) is 0.556. The van der Waals surface area contributed by atoms with Gasteiger partial charge in [0, 0.05) is 18.3 Å². The third kappa shape index (κ3) is 2.53. The van der Waals surface area contributed by atoms with Crippen molar-refractivity contribution in [2.75, 3.05) is 6.67 Å². The molecular formula is C9H14FN3O2. The molecular weight excluding hydrogens is 201 g/mol. The number of halogens is 1. The number of aromatic amines is 1. The molecule has 0 aliphatic heterocycles. The fourth-order valence-corrected chi connectivity index (χ4v) is 1.15. The van der Waals surface area contributed by atoms with Gasteiger partial charge in [-0.15, -0.1) is 0 Å². The minimum absolute atomic E-state index is 0.140. The maximum atomic E-state index is 12.5. The first kappa shape index (κ1) is 11.6. The second kappa shape index (κ2) is 4.39. The third-order valence-corrected chi connectivity index (χ3v) is 2.21. The van der Waals surface area contributed by atoms with E-state index in [1.807, 2.05) is 6.92 Å². The zero-order valence-electron chi connectivity index (χ0n) is 8.46. The summed E-state index contributed by atoms with van der Waals surface area (Å²) in [6.07, 6.45) is 2.21. The number of aliphatic carboxylic acids is 1. The number of carbonyl (C=O) groups is 1. The Morgan fingerprint density at radius 3 is 2.87 bits per heavy atom. The Hall–Kier alpha value is -1.43. The van der Waals surface area contributed by atoms with Gasteiger partial charge in [0.2, 0.25) is 0 Å². The van der Waals surface area contributed by atoms with Crippen LogP contribution in [-0.2, 0) is 17.6 Å². The second-order valence-corrected chi connectivity index (χ2v) is 3.48. The third-order valence-electron chi connectivity index (χ3n) is 2.21. The zero-order valence-corrected chi connectivity index (χ0v) is 8.46. The normalized spacial score (nSPS) is 14.9. The predicted octanol–water partition coefficient (Wildman–Crippen LogP) is 0.266. The average Bonchev–Trinajstić information content (AvgIpc) is 2.65. The fourth-order valence-electron chi connectivity index (χ4n) is 1.15. The van der Waals surface area contributed by atoms with Crippen LogP contribution in [0, 0.1) is 0 Å². The molecule has 1 atom stereocenters. The van der Waals surface area contributed by atoms with Crippen LogP contribution in [0.4, 0.5) is 4.39 Å². The van der Waals surface area contributed by atoms with Gasteiger partial charge in [-0.3, -0.25) is 4.79 Å². The van der Waals surface area contributed by atoms with Gasteiger partial charge in [0.05, 0.1) is 0 Å². The number of hydrogen-bond donors (Lipinski definition) is 3. The Balaban J connectivity index is 2.79. The molecule has 0 aliphatic rings. The van der Waals surface area contributed by atoms with Crippen molar-refractivity contribution in [3.8, 4) is 0 Å². The molecule has 1 heterocycles. The number of aryl methyl sites for hydroxylation is 1. The van der Waals surface area contributed by atoms with Crippen molar-refractivity contribution in [3.05, 3.63) is 17.7 Å². The summed E-state index contributed by atoms with van der Waals surface area (Å²) in [7, 11) is 0. The van der Waals surface area contributed by atoms with E-state index in [-0.39, 0.29) is 6.42 Å². The molecule has 84 valence electrons. The van der Waals surface area contributed by atoms with Gasteiger partial charge in [-0.2, -0.15) is 0 Å². The first-order valence-corrected chi connectivity index (χ1v) is 4.63. The quantitative estimate of drug-likeness (QED) is 0.657. The highest BCUT2D eigenvalue weighted by Gasteiger charge is 2.35. The highest BCUT2D eigenvalue weighted by Crippen LogP contribution is 2.10. The van der Waals surface area contributed by atoms with Crippen molar-refractivity contribution in [2.45, 2.75) is 25.3 Å². The van der Waals surface area contributed by atoms with Crippen LogP contribution in [0.1, 0.15) is 18.4 Å². The molecule has 1 aromatic heterocycles. The van der Waals surface area contributed by atoms with E-state index in [1.165, 1.54) is 0 Å². The monoisotopic (exact) mass is 215 g/mol. The van der Waals surface area contributed by atoms with E-state index in [4.69, 9.17) is 10.8 Å². The number of nitrogens with zero attached hydrogens (tertiary/aromatic N) is 1. The molecule has 0 saturated carbocycles. The summed E-state index contributed by atoms with van der Waals surface area (Å²) in [4.78, 5) is 17.5. The lowest BCUT2D eigenvalue weighted by molar-refractivity contribution is -0.144. The van der Waals surface area contributed by atoms with Gasteiger partial charge in [0.15, 0.2) is 0 Å². The molecule has 1 rings (SSSR count). The van der Waals surface area contributed by atoms with E-state index in [1.54, 1.807) is 6.20 Å². The second-order valence-electron chi connectivity index (χ2n) is 3.48. The van der Waals surface area contributed by atoms with Gasteiger partial charge in [-0.25, -0.2) is 9.37 Å². The first-order valence-electron chi connectivity index (χ1n) is 4.63. The maximum Gasteiger partial charge on any atom is 0.326 e. The molecule has 0 spiro atoms. The summed E-state index contributed by atoms with van der Waals surface area (Å²) in [6, 6.07) is 0. The molecule has 0 radical (unpaired) electrons. The first-order chi connectivity index (χ1) is 7.01. The van der Waals surface area contributed by atoms with Crippen LogP contribution >= 0.6 is 0 Å². The number of aromatic nitrogens is 2. The Kier molecular flexibility index (Phi) is 3.41. The number of imidazole rings is 1. The minimum Gasteiger partial charge on any atom is -0.480 e. The van der Waals surface area contributed by atoms with Gasteiger partial charge in [0.25, 0.3) is 0 Å². The maximum absolute atomic E-state index is 12.5. The highest BCUT2D eigenvalue weighted by molar-refractivity contribution is 5.79. The predicted molar refractivity (Wildman–Crippen MR) is 52.2 cm³/mol. The lowest BCUT2D eigenvalue weighted by Crippen LogP contribution is -2.52. The topological polar surface area (TPSA) is 92.0 Å². The molecule has 1 aromatic rings. The van der Waals surface area contributed by atoms with Gasteiger partial charge < -0.3 is 15.8 Å². The summed E-state index contributed by atoms with van der Waals surface area (Å²) in [5, 5.41) is 8.75. The van der Waals surface area contributed by atoms with Gasteiger partial charge in [-0.05, 0) is 6.42 Å². The molecule has 5 nitrogen and oxygen atoms in total. The van der Waals surface area contributed by atoms with E-state index >= 15 is 0 Å². The van der Waals surface area contributed by atoms with E-state index in [0.29, 0.717) is 5.82 Å². The summed E-state index contributed by atoms with van der Waals surface area (Å²) >= 11 is 0. The number of nitrogens with one attached hydrogen (secondary N) is 1. The Morgan fingerprint density at radius 2 is 2.47 bits per heavy atom. The SMILES string of the molecule is CCc1cnc(CC(N)(CF)C(=O)O)[nH]1. The Labute approximate surface area is 86.5 Å². The summed E-state index contributed by atoms with van der Waals surface area (Å²) in [6.45, 7) is 0.809. The van der Waals surface area contributed by atoms with Crippen molar-refractivity contribution in [1.29, 1.82) is 0 Å². The number of carboxylic acid groups (broad SMARTS) is 1. The molecule has 0 amide bonds. The lowest BCUT2D eigenvalue weighted by Gasteiger charge is -2.19. The smallest absolute Gasteiger partial charge is 0.326 e. The van der Waals surface area contributed by atoms with E-state index in [2.05, 4.69) is 9.97 Å². The standard InChI is InChI=1S/C9H14FN3O2/c1-2-6-4-12-7(13-6)3-9(11,5-10)8(14)15/h4H,2-3,5,11H2,1H3,(H,12,13)(H,14,15). The molecule has 4 N–H and O–H groups in total.